The lowest BCUT2D eigenvalue weighted by molar-refractivity contribution is -0.385. The topological polar surface area (TPSA) is 72.2 Å². The third-order valence-corrected chi connectivity index (χ3v) is 3.52. The summed E-state index contributed by atoms with van der Waals surface area (Å²) in [4.78, 5) is 22.4. The SMILES string of the molecule is Cc1cccc(C(=O)NCCCCCI)c1[N+](=O)[O-]. The van der Waals surface area contributed by atoms with Crippen LogP contribution < -0.4 is 5.32 Å². The molecule has 0 atom stereocenters. The molecule has 1 N–H and O–H groups in total. The van der Waals surface area contributed by atoms with E-state index in [1.807, 2.05) is 0 Å². The number of carbonyl (C=O) groups is 1. The molecule has 1 rings (SSSR count). The number of nitrogens with zero attached hydrogens (tertiary/aromatic N) is 1. The summed E-state index contributed by atoms with van der Waals surface area (Å²) in [5, 5.41) is 13.7. The minimum Gasteiger partial charge on any atom is -0.352 e. The zero-order chi connectivity index (χ0) is 14.3. The van der Waals surface area contributed by atoms with Gasteiger partial charge in [0.25, 0.3) is 11.6 Å². The van der Waals surface area contributed by atoms with Gasteiger partial charge in [-0.2, -0.15) is 0 Å². The number of alkyl halides is 1. The lowest BCUT2D eigenvalue weighted by atomic mass is 10.1. The highest BCUT2D eigenvalue weighted by Crippen LogP contribution is 2.22. The molecule has 6 heteroatoms. The Bertz CT molecular complexity index is 463. The second-order valence-corrected chi connectivity index (χ2v) is 5.31. The van der Waals surface area contributed by atoms with E-state index in [1.54, 1.807) is 19.1 Å². The van der Waals surface area contributed by atoms with E-state index in [-0.39, 0.29) is 17.2 Å². The van der Waals surface area contributed by atoms with E-state index in [0.29, 0.717) is 12.1 Å². The largest absolute Gasteiger partial charge is 0.352 e. The van der Waals surface area contributed by atoms with Gasteiger partial charge in [0.2, 0.25) is 0 Å². The molecule has 1 aromatic rings. The van der Waals surface area contributed by atoms with Crippen LogP contribution in [0.4, 0.5) is 5.69 Å². The maximum absolute atomic E-state index is 11.9. The van der Waals surface area contributed by atoms with Crippen LogP contribution in [0.1, 0.15) is 35.2 Å². The Kier molecular flexibility index (Phi) is 6.75. The summed E-state index contributed by atoms with van der Waals surface area (Å²) < 4.78 is 1.11. The zero-order valence-corrected chi connectivity index (χ0v) is 13.0. The van der Waals surface area contributed by atoms with Gasteiger partial charge in [-0.1, -0.05) is 41.1 Å². The molecule has 1 amide bonds. The van der Waals surface area contributed by atoms with Gasteiger partial charge >= 0.3 is 0 Å². The third-order valence-electron chi connectivity index (χ3n) is 2.76. The number of hydrogen-bond acceptors (Lipinski definition) is 3. The van der Waals surface area contributed by atoms with Crippen molar-refractivity contribution in [3.63, 3.8) is 0 Å². The van der Waals surface area contributed by atoms with Crippen LogP contribution in [0.5, 0.6) is 0 Å². The Hall–Kier alpha value is -1.18. The van der Waals surface area contributed by atoms with Crippen LogP contribution in [0.15, 0.2) is 18.2 Å². The Labute approximate surface area is 126 Å². The first-order chi connectivity index (χ1) is 9.07. The monoisotopic (exact) mass is 376 g/mol. The second kappa shape index (κ2) is 8.08. The number of amides is 1. The fraction of sp³-hybridized carbons (Fsp3) is 0.462. The predicted molar refractivity (Wildman–Crippen MR) is 82.9 cm³/mol. The number of para-hydroxylation sites is 1. The predicted octanol–water partition coefficient (Wildman–Crippen LogP) is 3.24. The van der Waals surface area contributed by atoms with Crippen LogP contribution in [0, 0.1) is 17.0 Å². The number of nitrogens with one attached hydrogen (secondary N) is 1. The number of rotatable bonds is 7. The number of unbranched alkanes of at least 4 members (excludes halogenated alkanes) is 2. The Morgan fingerprint density at radius 2 is 2.11 bits per heavy atom. The fourth-order valence-electron chi connectivity index (χ4n) is 1.78. The van der Waals surface area contributed by atoms with Crippen LogP contribution in [-0.4, -0.2) is 21.8 Å². The molecular weight excluding hydrogens is 359 g/mol. The molecule has 19 heavy (non-hydrogen) atoms. The summed E-state index contributed by atoms with van der Waals surface area (Å²) in [6.07, 6.45) is 3.08. The van der Waals surface area contributed by atoms with E-state index < -0.39 is 4.92 Å². The van der Waals surface area contributed by atoms with E-state index >= 15 is 0 Å². The molecule has 104 valence electrons. The standard InChI is InChI=1S/C13H17IN2O3/c1-10-6-5-7-11(12(10)16(18)19)13(17)15-9-4-2-3-8-14/h5-7H,2-4,8-9H2,1H3,(H,15,17). The van der Waals surface area contributed by atoms with Crippen LogP contribution in [0.25, 0.3) is 0 Å². The van der Waals surface area contributed by atoms with Crippen molar-refractivity contribution >= 4 is 34.2 Å². The number of aryl methyl sites for hydroxylation is 1. The first-order valence-corrected chi connectivity index (χ1v) is 7.68. The van der Waals surface area contributed by atoms with Gasteiger partial charge in [0, 0.05) is 12.1 Å². The summed E-state index contributed by atoms with van der Waals surface area (Å²) in [6.45, 7) is 2.19. The van der Waals surface area contributed by atoms with E-state index in [4.69, 9.17) is 0 Å². The molecule has 0 aliphatic heterocycles. The molecule has 0 saturated carbocycles. The average Bonchev–Trinajstić information content (AvgIpc) is 2.37. The molecule has 0 spiro atoms. The molecule has 0 fully saturated rings. The number of hydrogen-bond donors (Lipinski definition) is 1. The van der Waals surface area contributed by atoms with Gasteiger partial charge in [-0.3, -0.25) is 14.9 Å². The van der Waals surface area contributed by atoms with Crippen molar-refractivity contribution in [3.8, 4) is 0 Å². The van der Waals surface area contributed by atoms with Gasteiger partial charge in [-0.05, 0) is 30.3 Å². The number of benzene rings is 1. The highest BCUT2D eigenvalue weighted by molar-refractivity contribution is 14.1. The van der Waals surface area contributed by atoms with Gasteiger partial charge in [0.05, 0.1) is 4.92 Å². The summed E-state index contributed by atoms with van der Waals surface area (Å²) in [6, 6.07) is 4.79. The highest BCUT2D eigenvalue weighted by Gasteiger charge is 2.21. The molecule has 0 unspecified atom stereocenters. The molecule has 0 aromatic heterocycles. The Morgan fingerprint density at radius 3 is 2.74 bits per heavy atom. The van der Waals surface area contributed by atoms with Gasteiger partial charge in [0.15, 0.2) is 0 Å². The van der Waals surface area contributed by atoms with Crippen molar-refractivity contribution in [1.82, 2.24) is 5.32 Å². The number of nitro groups is 1. The van der Waals surface area contributed by atoms with Gasteiger partial charge < -0.3 is 5.32 Å². The normalized spacial score (nSPS) is 10.2. The first kappa shape index (κ1) is 15.9. The molecule has 5 nitrogen and oxygen atoms in total. The maximum Gasteiger partial charge on any atom is 0.285 e. The summed E-state index contributed by atoms with van der Waals surface area (Å²) in [5.41, 5.74) is 0.536. The first-order valence-electron chi connectivity index (χ1n) is 6.16. The minimum absolute atomic E-state index is 0.104. The third kappa shape index (κ3) is 4.77. The molecule has 1 aromatic carbocycles. The fourth-order valence-corrected chi connectivity index (χ4v) is 2.32. The average molecular weight is 376 g/mol. The summed E-state index contributed by atoms with van der Waals surface area (Å²) >= 11 is 2.31. The molecular formula is C13H17IN2O3. The highest BCUT2D eigenvalue weighted by atomic mass is 127. The van der Waals surface area contributed by atoms with Crippen molar-refractivity contribution in [2.75, 3.05) is 11.0 Å². The number of carbonyl (C=O) groups excluding carboxylic acids is 1. The smallest absolute Gasteiger partial charge is 0.285 e. The van der Waals surface area contributed by atoms with Gasteiger partial charge in [-0.25, -0.2) is 0 Å². The maximum atomic E-state index is 11.9. The van der Waals surface area contributed by atoms with Crippen LogP contribution >= 0.6 is 22.6 Å². The molecule has 0 radical (unpaired) electrons. The molecule has 0 bridgehead atoms. The molecule has 0 aliphatic carbocycles. The second-order valence-electron chi connectivity index (χ2n) is 4.23. The number of nitro benzene ring substituents is 1. The van der Waals surface area contributed by atoms with E-state index in [9.17, 15) is 14.9 Å². The van der Waals surface area contributed by atoms with Crippen LogP contribution in [-0.2, 0) is 0 Å². The van der Waals surface area contributed by atoms with Gasteiger partial charge in [0.1, 0.15) is 5.56 Å². The molecule has 0 aliphatic rings. The van der Waals surface area contributed by atoms with Crippen LogP contribution in [0.3, 0.4) is 0 Å². The minimum atomic E-state index is -0.500. The molecule has 0 saturated heterocycles. The van der Waals surface area contributed by atoms with Crippen molar-refractivity contribution in [2.24, 2.45) is 0 Å². The van der Waals surface area contributed by atoms with Crippen molar-refractivity contribution in [1.29, 1.82) is 0 Å². The Balaban J connectivity index is 2.67. The van der Waals surface area contributed by atoms with E-state index in [0.717, 1.165) is 23.7 Å². The Morgan fingerprint density at radius 1 is 1.37 bits per heavy atom. The lowest BCUT2D eigenvalue weighted by Gasteiger charge is -2.06. The van der Waals surface area contributed by atoms with E-state index in [2.05, 4.69) is 27.9 Å². The number of halogens is 1. The zero-order valence-electron chi connectivity index (χ0n) is 10.8. The van der Waals surface area contributed by atoms with E-state index in [1.165, 1.54) is 6.07 Å². The van der Waals surface area contributed by atoms with Gasteiger partial charge in [-0.15, -0.1) is 0 Å². The van der Waals surface area contributed by atoms with Crippen LogP contribution in [0.2, 0.25) is 0 Å². The van der Waals surface area contributed by atoms with Crippen molar-refractivity contribution in [3.05, 3.63) is 39.4 Å². The molecule has 0 heterocycles. The lowest BCUT2D eigenvalue weighted by Crippen LogP contribution is -2.25. The quantitative estimate of drug-likeness (QED) is 0.261. The van der Waals surface area contributed by atoms with Crippen molar-refractivity contribution in [2.45, 2.75) is 26.2 Å². The van der Waals surface area contributed by atoms with Crippen molar-refractivity contribution < 1.29 is 9.72 Å². The summed E-state index contributed by atoms with van der Waals surface area (Å²) in [5.74, 6) is -0.370. The summed E-state index contributed by atoms with van der Waals surface area (Å²) in [7, 11) is 0.